The number of anilines is 1. The standard InChI is InChI=1S/C14H15NO3/c16-13(9-1-2-9)8-18-11-4-5-12-10(7-11)3-6-14(17)15-12/h4-5,7,9H,1-3,6,8H2,(H,15,17). The lowest BCUT2D eigenvalue weighted by atomic mass is 10.0. The van der Waals surface area contributed by atoms with Crippen LogP contribution in [0.4, 0.5) is 5.69 Å². The number of carbonyl (C=O) groups is 2. The topological polar surface area (TPSA) is 55.4 Å². The fraction of sp³-hybridized carbons (Fsp3) is 0.429. The lowest BCUT2D eigenvalue weighted by molar-refractivity contribution is -0.122. The van der Waals surface area contributed by atoms with Crippen LogP contribution < -0.4 is 10.1 Å². The highest BCUT2D eigenvalue weighted by molar-refractivity contribution is 5.94. The zero-order valence-electron chi connectivity index (χ0n) is 10.1. The number of amides is 1. The van der Waals surface area contributed by atoms with E-state index in [2.05, 4.69) is 5.32 Å². The van der Waals surface area contributed by atoms with E-state index in [0.717, 1.165) is 30.5 Å². The number of fused-ring (bicyclic) bond motifs is 1. The molecule has 1 aliphatic heterocycles. The molecule has 1 heterocycles. The summed E-state index contributed by atoms with van der Waals surface area (Å²) in [5.41, 5.74) is 1.93. The Kier molecular flexibility index (Phi) is 2.78. The van der Waals surface area contributed by atoms with Gasteiger partial charge in [0, 0.05) is 18.0 Å². The quantitative estimate of drug-likeness (QED) is 0.881. The fourth-order valence-electron chi connectivity index (χ4n) is 2.13. The average Bonchev–Trinajstić information content (AvgIpc) is 3.20. The van der Waals surface area contributed by atoms with E-state index in [1.807, 2.05) is 12.1 Å². The molecule has 1 aromatic carbocycles. The number of nitrogens with one attached hydrogen (secondary N) is 1. The molecule has 1 aliphatic carbocycles. The minimum atomic E-state index is 0.0556. The van der Waals surface area contributed by atoms with Gasteiger partial charge >= 0.3 is 0 Å². The highest BCUT2D eigenvalue weighted by Gasteiger charge is 2.29. The minimum absolute atomic E-state index is 0.0556. The predicted octanol–water partition coefficient (Wildman–Crippen LogP) is 1.93. The summed E-state index contributed by atoms with van der Waals surface area (Å²) in [4.78, 5) is 22.7. The van der Waals surface area contributed by atoms with E-state index in [-0.39, 0.29) is 24.2 Å². The number of rotatable bonds is 4. The van der Waals surface area contributed by atoms with Crippen molar-refractivity contribution in [2.45, 2.75) is 25.7 Å². The van der Waals surface area contributed by atoms with Crippen molar-refractivity contribution in [1.82, 2.24) is 0 Å². The molecule has 3 rings (SSSR count). The van der Waals surface area contributed by atoms with Crippen LogP contribution in [0.25, 0.3) is 0 Å². The van der Waals surface area contributed by atoms with Crippen LogP contribution in [0.1, 0.15) is 24.8 Å². The van der Waals surface area contributed by atoms with Gasteiger partial charge in [-0.2, -0.15) is 0 Å². The SMILES string of the molecule is O=C1CCc2cc(OCC(=O)C3CC3)ccc2N1. The molecule has 0 bridgehead atoms. The second-order valence-corrected chi connectivity index (χ2v) is 4.90. The first-order valence-electron chi connectivity index (χ1n) is 6.30. The van der Waals surface area contributed by atoms with Gasteiger partial charge in [-0.25, -0.2) is 0 Å². The molecule has 1 saturated carbocycles. The van der Waals surface area contributed by atoms with E-state index in [0.29, 0.717) is 12.2 Å². The van der Waals surface area contributed by atoms with Gasteiger partial charge in [0.25, 0.3) is 0 Å². The van der Waals surface area contributed by atoms with Crippen LogP contribution in [0, 0.1) is 5.92 Å². The van der Waals surface area contributed by atoms with Crippen molar-refractivity contribution >= 4 is 17.4 Å². The Hall–Kier alpha value is -1.84. The van der Waals surface area contributed by atoms with Gasteiger partial charge in [-0.05, 0) is 43.0 Å². The lowest BCUT2D eigenvalue weighted by Gasteiger charge is -2.17. The minimum Gasteiger partial charge on any atom is -0.486 e. The highest BCUT2D eigenvalue weighted by atomic mass is 16.5. The van der Waals surface area contributed by atoms with Crippen molar-refractivity contribution < 1.29 is 14.3 Å². The number of carbonyl (C=O) groups excluding carboxylic acids is 2. The van der Waals surface area contributed by atoms with Crippen molar-refractivity contribution in [1.29, 1.82) is 0 Å². The molecule has 0 saturated heterocycles. The van der Waals surface area contributed by atoms with Gasteiger partial charge in [-0.1, -0.05) is 0 Å². The van der Waals surface area contributed by atoms with Crippen LogP contribution in [-0.4, -0.2) is 18.3 Å². The molecule has 1 amide bonds. The van der Waals surface area contributed by atoms with E-state index in [1.54, 1.807) is 6.07 Å². The van der Waals surface area contributed by atoms with Crippen LogP contribution in [0.5, 0.6) is 5.75 Å². The van der Waals surface area contributed by atoms with Crippen LogP contribution >= 0.6 is 0 Å². The summed E-state index contributed by atoms with van der Waals surface area (Å²) in [7, 11) is 0. The van der Waals surface area contributed by atoms with Gasteiger partial charge in [-0.3, -0.25) is 9.59 Å². The molecule has 0 radical (unpaired) electrons. The molecule has 0 aromatic heterocycles. The maximum atomic E-state index is 11.5. The van der Waals surface area contributed by atoms with Crippen molar-refractivity contribution in [2.75, 3.05) is 11.9 Å². The molecule has 4 heteroatoms. The molecular formula is C14H15NO3. The molecule has 1 N–H and O–H groups in total. The molecule has 2 aliphatic rings. The molecule has 0 unspecified atom stereocenters. The van der Waals surface area contributed by atoms with Crippen LogP contribution in [0.3, 0.4) is 0 Å². The summed E-state index contributed by atoms with van der Waals surface area (Å²) in [6.45, 7) is 0.163. The zero-order valence-corrected chi connectivity index (χ0v) is 10.1. The number of benzene rings is 1. The third kappa shape index (κ3) is 2.37. The maximum absolute atomic E-state index is 11.5. The monoisotopic (exact) mass is 245 g/mol. The van der Waals surface area contributed by atoms with Crippen molar-refractivity contribution in [3.8, 4) is 5.75 Å². The van der Waals surface area contributed by atoms with E-state index in [9.17, 15) is 9.59 Å². The second kappa shape index (κ2) is 4.44. The molecule has 0 atom stereocenters. The highest BCUT2D eigenvalue weighted by Crippen LogP contribution is 2.30. The average molecular weight is 245 g/mol. The summed E-state index contributed by atoms with van der Waals surface area (Å²) in [6, 6.07) is 5.54. The number of ether oxygens (including phenoxy) is 1. The Balaban J connectivity index is 1.66. The molecule has 4 nitrogen and oxygen atoms in total. The zero-order chi connectivity index (χ0) is 12.5. The van der Waals surface area contributed by atoms with Crippen LogP contribution in [0.2, 0.25) is 0 Å². The summed E-state index contributed by atoms with van der Waals surface area (Å²) in [5.74, 6) is 1.20. The van der Waals surface area contributed by atoms with Gasteiger partial charge < -0.3 is 10.1 Å². The maximum Gasteiger partial charge on any atom is 0.224 e. The Bertz CT molecular complexity index is 506. The lowest BCUT2D eigenvalue weighted by Crippen LogP contribution is -2.19. The summed E-state index contributed by atoms with van der Waals surface area (Å²) >= 11 is 0. The summed E-state index contributed by atoms with van der Waals surface area (Å²) < 4.78 is 5.50. The Morgan fingerprint density at radius 3 is 2.94 bits per heavy atom. The molecule has 18 heavy (non-hydrogen) atoms. The molecule has 1 fully saturated rings. The molecule has 1 aromatic rings. The van der Waals surface area contributed by atoms with Crippen LogP contribution in [0.15, 0.2) is 18.2 Å². The Morgan fingerprint density at radius 1 is 1.33 bits per heavy atom. The summed E-state index contributed by atoms with van der Waals surface area (Å²) in [5, 5.41) is 2.82. The fourth-order valence-corrected chi connectivity index (χ4v) is 2.13. The van der Waals surface area contributed by atoms with Crippen molar-refractivity contribution in [3.05, 3.63) is 23.8 Å². The molecule has 0 spiro atoms. The number of hydrogen-bond donors (Lipinski definition) is 1. The van der Waals surface area contributed by atoms with E-state index in [1.165, 1.54) is 0 Å². The Morgan fingerprint density at radius 2 is 2.17 bits per heavy atom. The van der Waals surface area contributed by atoms with Gasteiger partial charge in [0.2, 0.25) is 5.91 Å². The van der Waals surface area contributed by atoms with E-state index >= 15 is 0 Å². The first kappa shape index (κ1) is 11.3. The van der Waals surface area contributed by atoms with Gasteiger partial charge in [-0.15, -0.1) is 0 Å². The molecular weight excluding hydrogens is 230 g/mol. The first-order valence-corrected chi connectivity index (χ1v) is 6.30. The second-order valence-electron chi connectivity index (χ2n) is 4.90. The van der Waals surface area contributed by atoms with Gasteiger partial charge in [0.1, 0.15) is 12.4 Å². The number of ketones is 1. The van der Waals surface area contributed by atoms with Gasteiger partial charge in [0.05, 0.1) is 0 Å². The van der Waals surface area contributed by atoms with E-state index in [4.69, 9.17) is 4.74 Å². The number of Topliss-reactive ketones (excluding diaryl/α,β-unsaturated/α-hetero) is 1. The largest absolute Gasteiger partial charge is 0.486 e. The van der Waals surface area contributed by atoms with Crippen molar-refractivity contribution in [3.63, 3.8) is 0 Å². The summed E-state index contributed by atoms with van der Waals surface area (Å²) in [6.07, 6.45) is 3.27. The predicted molar refractivity (Wildman–Crippen MR) is 66.6 cm³/mol. The smallest absolute Gasteiger partial charge is 0.224 e. The molecule has 94 valence electrons. The van der Waals surface area contributed by atoms with E-state index < -0.39 is 0 Å². The third-order valence-corrected chi connectivity index (χ3v) is 3.39. The normalized spacial score (nSPS) is 17.9. The van der Waals surface area contributed by atoms with Crippen LogP contribution in [-0.2, 0) is 16.0 Å². The number of aryl methyl sites for hydroxylation is 1. The Labute approximate surface area is 105 Å². The van der Waals surface area contributed by atoms with Crippen molar-refractivity contribution in [2.24, 2.45) is 5.92 Å². The first-order chi connectivity index (χ1) is 8.72. The van der Waals surface area contributed by atoms with Gasteiger partial charge in [0.15, 0.2) is 5.78 Å². The third-order valence-electron chi connectivity index (χ3n) is 3.39. The number of hydrogen-bond acceptors (Lipinski definition) is 3.